The maximum atomic E-state index is 6.06. The first-order valence-corrected chi connectivity index (χ1v) is 8.06. The second-order valence-electron chi connectivity index (χ2n) is 5.90. The molecule has 1 aliphatic heterocycles. The highest BCUT2D eigenvalue weighted by Gasteiger charge is 2.17. The third kappa shape index (κ3) is 2.59. The number of benzene rings is 1. The number of para-hydroxylation sites is 2. The van der Waals surface area contributed by atoms with Gasteiger partial charge in [-0.2, -0.15) is 0 Å². The van der Waals surface area contributed by atoms with Gasteiger partial charge in [-0.3, -0.25) is 4.98 Å². The van der Waals surface area contributed by atoms with Crippen molar-refractivity contribution in [3.05, 3.63) is 42.7 Å². The second-order valence-corrected chi connectivity index (χ2v) is 5.90. The molecule has 23 heavy (non-hydrogen) atoms. The standard InChI is InChI=1S/C18H20N4O/c19-18-17(13-8-9-20-12-16(13)23-18)21-14-6-2-3-7-15(14)22-10-4-1-5-11-22/h2-3,6-9,12,21H,1,4-5,10-11,19H2. The highest BCUT2D eigenvalue weighted by Crippen LogP contribution is 2.37. The van der Waals surface area contributed by atoms with Crippen molar-refractivity contribution in [2.45, 2.75) is 19.3 Å². The number of hydrogen-bond acceptors (Lipinski definition) is 5. The largest absolute Gasteiger partial charge is 0.437 e. The van der Waals surface area contributed by atoms with Crippen LogP contribution in [-0.4, -0.2) is 18.1 Å². The molecule has 2 aromatic heterocycles. The minimum atomic E-state index is 0.390. The summed E-state index contributed by atoms with van der Waals surface area (Å²) in [4.78, 5) is 6.52. The zero-order valence-electron chi connectivity index (χ0n) is 13.0. The fourth-order valence-corrected chi connectivity index (χ4v) is 3.22. The minimum absolute atomic E-state index is 0.390. The van der Waals surface area contributed by atoms with Crippen molar-refractivity contribution >= 4 is 33.9 Å². The Kier molecular flexibility index (Phi) is 3.54. The van der Waals surface area contributed by atoms with E-state index >= 15 is 0 Å². The van der Waals surface area contributed by atoms with Crippen LogP contribution in [0.4, 0.5) is 22.9 Å². The molecule has 0 bridgehead atoms. The van der Waals surface area contributed by atoms with E-state index in [2.05, 4.69) is 33.4 Å². The van der Waals surface area contributed by atoms with Gasteiger partial charge in [0.05, 0.1) is 17.6 Å². The van der Waals surface area contributed by atoms with Crippen LogP contribution in [0.15, 0.2) is 47.1 Å². The monoisotopic (exact) mass is 308 g/mol. The maximum absolute atomic E-state index is 6.06. The van der Waals surface area contributed by atoms with Crippen LogP contribution in [0.5, 0.6) is 0 Å². The molecule has 0 spiro atoms. The van der Waals surface area contributed by atoms with Crippen LogP contribution in [-0.2, 0) is 0 Å². The highest BCUT2D eigenvalue weighted by molar-refractivity contribution is 5.99. The second kappa shape index (κ2) is 5.83. The Morgan fingerprint density at radius 3 is 2.78 bits per heavy atom. The molecule has 0 atom stereocenters. The Hall–Kier alpha value is -2.69. The van der Waals surface area contributed by atoms with Crippen molar-refractivity contribution in [1.82, 2.24) is 4.98 Å². The summed E-state index contributed by atoms with van der Waals surface area (Å²) in [5, 5.41) is 4.42. The number of fused-ring (bicyclic) bond motifs is 1. The Labute approximate surface area is 135 Å². The Bertz CT molecular complexity index is 821. The molecule has 5 nitrogen and oxygen atoms in total. The summed E-state index contributed by atoms with van der Waals surface area (Å²) >= 11 is 0. The molecule has 1 saturated heterocycles. The summed E-state index contributed by atoms with van der Waals surface area (Å²) in [7, 11) is 0. The molecule has 1 aliphatic rings. The molecule has 3 heterocycles. The number of nitrogen functional groups attached to an aromatic ring is 1. The first kappa shape index (κ1) is 13.9. The zero-order valence-corrected chi connectivity index (χ0v) is 13.0. The molecular formula is C18H20N4O. The van der Waals surface area contributed by atoms with Gasteiger partial charge in [-0.1, -0.05) is 12.1 Å². The molecule has 3 N–H and O–H groups in total. The van der Waals surface area contributed by atoms with Gasteiger partial charge < -0.3 is 20.4 Å². The van der Waals surface area contributed by atoms with E-state index in [1.54, 1.807) is 12.4 Å². The van der Waals surface area contributed by atoms with E-state index < -0.39 is 0 Å². The zero-order chi connectivity index (χ0) is 15.6. The van der Waals surface area contributed by atoms with E-state index in [1.807, 2.05) is 12.1 Å². The van der Waals surface area contributed by atoms with Gasteiger partial charge in [0, 0.05) is 24.7 Å². The van der Waals surface area contributed by atoms with Crippen molar-refractivity contribution in [1.29, 1.82) is 0 Å². The third-order valence-electron chi connectivity index (χ3n) is 4.38. The lowest BCUT2D eigenvalue weighted by atomic mass is 10.1. The average Bonchev–Trinajstić information content (AvgIpc) is 2.92. The first-order chi connectivity index (χ1) is 11.3. The maximum Gasteiger partial charge on any atom is 0.215 e. The third-order valence-corrected chi connectivity index (χ3v) is 4.38. The molecule has 0 amide bonds. The Morgan fingerprint density at radius 1 is 1.09 bits per heavy atom. The van der Waals surface area contributed by atoms with Crippen molar-refractivity contribution < 1.29 is 4.42 Å². The van der Waals surface area contributed by atoms with E-state index in [9.17, 15) is 0 Å². The highest BCUT2D eigenvalue weighted by atomic mass is 16.3. The van der Waals surface area contributed by atoms with Crippen LogP contribution in [0.1, 0.15) is 19.3 Å². The van der Waals surface area contributed by atoms with Crippen LogP contribution >= 0.6 is 0 Å². The van der Waals surface area contributed by atoms with Crippen molar-refractivity contribution in [3.8, 4) is 0 Å². The van der Waals surface area contributed by atoms with Gasteiger partial charge in [-0.25, -0.2) is 0 Å². The molecule has 4 rings (SSSR count). The van der Waals surface area contributed by atoms with Gasteiger partial charge in [0.15, 0.2) is 5.58 Å². The molecule has 0 radical (unpaired) electrons. The number of piperidine rings is 1. The topological polar surface area (TPSA) is 67.3 Å². The first-order valence-electron chi connectivity index (χ1n) is 8.06. The SMILES string of the molecule is Nc1oc2cnccc2c1Nc1ccccc1N1CCCCC1. The summed E-state index contributed by atoms with van der Waals surface area (Å²) in [6.07, 6.45) is 7.25. The number of nitrogens with one attached hydrogen (secondary N) is 1. The summed E-state index contributed by atoms with van der Waals surface area (Å²) in [6.45, 7) is 2.20. The Morgan fingerprint density at radius 2 is 1.91 bits per heavy atom. The smallest absolute Gasteiger partial charge is 0.215 e. The van der Waals surface area contributed by atoms with Gasteiger partial charge in [-0.15, -0.1) is 0 Å². The van der Waals surface area contributed by atoms with Crippen LogP contribution < -0.4 is 16.0 Å². The van der Waals surface area contributed by atoms with Crippen LogP contribution in [0.3, 0.4) is 0 Å². The predicted molar refractivity (Wildman–Crippen MR) is 94.2 cm³/mol. The Balaban J connectivity index is 1.72. The average molecular weight is 308 g/mol. The summed E-state index contributed by atoms with van der Waals surface area (Å²) in [5.74, 6) is 0.390. The van der Waals surface area contributed by atoms with E-state index in [1.165, 1.54) is 24.9 Å². The normalized spacial score (nSPS) is 15.0. The molecule has 0 aliphatic carbocycles. The van der Waals surface area contributed by atoms with Gasteiger partial charge in [0.1, 0.15) is 5.69 Å². The number of aromatic nitrogens is 1. The lowest BCUT2D eigenvalue weighted by molar-refractivity contribution is 0.578. The van der Waals surface area contributed by atoms with Gasteiger partial charge in [0.25, 0.3) is 0 Å². The van der Waals surface area contributed by atoms with Crippen LogP contribution in [0, 0.1) is 0 Å². The fraction of sp³-hybridized carbons (Fsp3) is 0.278. The predicted octanol–water partition coefficient (Wildman–Crippen LogP) is 4.14. The molecule has 3 aromatic rings. The summed E-state index contributed by atoms with van der Waals surface area (Å²) in [6, 6.07) is 10.3. The van der Waals surface area contributed by atoms with E-state index in [4.69, 9.17) is 10.2 Å². The van der Waals surface area contributed by atoms with Gasteiger partial charge in [-0.05, 0) is 37.5 Å². The number of anilines is 4. The molecule has 1 fully saturated rings. The summed E-state index contributed by atoms with van der Waals surface area (Å²) < 4.78 is 5.60. The van der Waals surface area contributed by atoms with E-state index in [0.29, 0.717) is 11.5 Å². The van der Waals surface area contributed by atoms with Crippen molar-refractivity contribution in [2.75, 3.05) is 29.0 Å². The molecule has 5 heteroatoms. The molecular weight excluding hydrogens is 288 g/mol. The fourth-order valence-electron chi connectivity index (χ4n) is 3.22. The number of nitrogens with zero attached hydrogens (tertiary/aromatic N) is 2. The van der Waals surface area contributed by atoms with Crippen LogP contribution in [0.2, 0.25) is 0 Å². The molecule has 118 valence electrons. The number of rotatable bonds is 3. The molecule has 0 unspecified atom stereocenters. The van der Waals surface area contributed by atoms with Gasteiger partial charge in [0.2, 0.25) is 5.88 Å². The van der Waals surface area contributed by atoms with E-state index in [-0.39, 0.29) is 0 Å². The minimum Gasteiger partial charge on any atom is -0.437 e. The number of nitrogens with two attached hydrogens (primary N) is 1. The van der Waals surface area contributed by atoms with Gasteiger partial charge >= 0.3 is 0 Å². The molecule has 1 aromatic carbocycles. The number of furan rings is 1. The quantitative estimate of drug-likeness (QED) is 0.761. The van der Waals surface area contributed by atoms with Crippen molar-refractivity contribution in [2.24, 2.45) is 0 Å². The number of pyridine rings is 1. The summed E-state index contributed by atoms with van der Waals surface area (Å²) in [5.41, 5.74) is 9.84. The lowest BCUT2D eigenvalue weighted by Gasteiger charge is -2.30. The van der Waals surface area contributed by atoms with Crippen LogP contribution in [0.25, 0.3) is 11.0 Å². The molecule has 0 saturated carbocycles. The number of hydrogen-bond donors (Lipinski definition) is 2. The lowest BCUT2D eigenvalue weighted by Crippen LogP contribution is -2.29. The van der Waals surface area contributed by atoms with E-state index in [0.717, 1.165) is 29.9 Å². The van der Waals surface area contributed by atoms with Crippen molar-refractivity contribution in [3.63, 3.8) is 0 Å².